The second-order valence-electron chi connectivity index (χ2n) is 19.6. The Kier molecular flexibility index (Phi) is 44.4. The van der Waals surface area contributed by atoms with Gasteiger partial charge in [-0.3, -0.25) is 0 Å². The van der Waals surface area contributed by atoms with Crippen LogP contribution in [0.2, 0.25) is 0 Å². The third-order valence-corrected chi connectivity index (χ3v) is 11.6. The highest BCUT2D eigenvalue weighted by atomic mass is 16.6. The first-order chi connectivity index (χ1) is 38.5. The zero-order valence-corrected chi connectivity index (χ0v) is 48.9. The van der Waals surface area contributed by atoms with Crippen LogP contribution in [-0.4, -0.2) is 227 Å². The summed E-state index contributed by atoms with van der Waals surface area (Å²) < 4.78 is 76.0. The summed E-state index contributed by atoms with van der Waals surface area (Å²) in [6.45, 7) is 22.3. The number of rotatable bonds is 52. The summed E-state index contributed by atoms with van der Waals surface area (Å²) in [5.41, 5.74) is 1.06. The van der Waals surface area contributed by atoms with Gasteiger partial charge in [-0.1, -0.05) is 43.6 Å². The van der Waals surface area contributed by atoms with Gasteiger partial charge in [-0.05, 0) is 71.6 Å². The molecular weight excluding hydrogens is 1030 g/mol. The lowest BCUT2D eigenvalue weighted by Gasteiger charge is -2.44. The summed E-state index contributed by atoms with van der Waals surface area (Å²) in [4.78, 5) is 26.0. The first-order valence-electron chi connectivity index (χ1n) is 28.3. The van der Waals surface area contributed by atoms with Gasteiger partial charge in [0.1, 0.15) is 0 Å². The Labute approximate surface area is 472 Å². The van der Waals surface area contributed by atoms with Crippen LogP contribution >= 0.6 is 0 Å². The van der Waals surface area contributed by atoms with Crippen molar-refractivity contribution in [1.29, 1.82) is 0 Å². The van der Waals surface area contributed by atoms with Gasteiger partial charge in [0, 0.05) is 75.0 Å². The van der Waals surface area contributed by atoms with Gasteiger partial charge in [0.25, 0.3) is 0 Å². The van der Waals surface area contributed by atoms with Gasteiger partial charge in [0.2, 0.25) is 0 Å². The van der Waals surface area contributed by atoms with E-state index in [0.717, 1.165) is 62.0 Å². The first-order valence-corrected chi connectivity index (χ1v) is 28.3. The average molecular weight is 1130 g/mol. The molecule has 0 aliphatic carbocycles. The summed E-state index contributed by atoms with van der Waals surface area (Å²) >= 11 is 0. The van der Waals surface area contributed by atoms with Crippen molar-refractivity contribution in [2.75, 3.05) is 210 Å². The predicted molar refractivity (Wildman–Crippen MR) is 301 cm³/mol. The Morgan fingerprint density at radius 2 is 0.734 bits per heavy atom. The van der Waals surface area contributed by atoms with Gasteiger partial charge >= 0.3 is 12.1 Å². The molecular formula is C57H100N5O17. The summed E-state index contributed by atoms with van der Waals surface area (Å²) in [5, 5.41) is 25.7. The van der Waals surface area contributed by atoms with Gasteiger partial charge < -0.3 is 87.6 Å². The molecule has 2 rings (SSSR count). The van der Waals surface area contributed by atoms with Crippen LogP contribution in [0.5, 0.6) is 0 Å². The van der Waals surface area contributed by atoms with Crippen LogP contribution in [0.25, 0.3) is 0 Å². The van der Waals surface area contributed by atoms with E-state index < -0.39 is 11.1 Å². The van der Waals surface area contributed by atoms with Gasteiger partial charge in [-0.15, -0.1) is 10.3 Å². The molecule has 4 amide bonds. The molecule has 0 aromatic heterocycles. The van der Waals surface area contributed by atoms with E-state index in [2.05, 4.69) is 33.1 Å². The lowest BCUT2D eigenvalue weighted by Crippen LogP contribution is -2.54. The summed E-state index contributed by atoms with van der Waals surface area (Å²) in [6, 6.07) is 4.52. The van der Waals surface area contributed by atoms with Crippen molar-refractivity contribution in [3.05, 3.63) is 35.4 Å². The van der Waals surface area contributed by atoms with Crippen LogP contribution in [0, 0.1) is 11.8 Å². The minimum atomic E-state index is -0.718. The lowest BCUT2D eigenvalue weighted by molar-refractivity contribution is -0.262. The number of ether oxygens (including phenoxy) is 14. The van der Waals surface area contributed by atoms with Gasteiger partial charge in [-0.25, -0.2) is 9.59 Å². The molecule has 0 atom stereocenters. The minimum Gasteiger partial charge on any atom is -0.382 e. The monoisotopic (exact) mass is 1130 g/mol. The van der Waals surface area contributed by atoms with Crippen molar-refractivity contribution in [1.82, 2.24) is 15.7 Å². The largest absolute Gasteiger partial charge is 0.382 e. The standard InChI is InChI=1S/C57H100N5O17/c1-56(2)48-51(49-57(3,4)62(56)65)16-15-50-45-52(60-54(63)58-17-11-7-9-13-19-68-25-27-72-33-35-76-41-43-78-39-37-74-31-29-70-23-21-66-5)47-53(46-50)61-55(64)59-18-12-8-10-14-20-69-26-28-73-34-36-77-42-44-79-40-38-75-32-30-71-24-22-67-6/h45-48H,7-14,17-44,49H2,1-6H3,(H2,58,60,63)(H2,59,61,64). The number of carbonyl (C=O) groups is 2. The number of amides is 4. The van der Waals surface area contributed by atoms with Crippen LogP contribution in [0.4, 0.5) is 21.0 Å². The third-order valence-electron chi connectivity index (χ3n) is 11.6. The Balaban J connectivity index is 1.59. The molecule has 0 bridgehead atoms. The fraction of sp³-hybridized carbons (Fsp3) is 0.789. The minimum absolute atomic E-state index is 0.359. The SMILES string of the molecule is COCCOCCOCCOCCOCCOCCOCCCCCCNC(=O)Nc1cc(C#CC2=CC(C)(C)N([O])C(C)(C)C2)cc(NC(=O)NCCCCCCOCCOCCOCCOCCOCCOCCOC)c1. The highest BCUT2D eigenvalue weighted by Crippen LogP contribution is 2.35. The molecule has 1 aliphatic heterocycles. The zero-order chi connectivity index (χ0) is 57.2. The maximum absolute atomic E-state index is 13.0. The number of methoxy groups -OCH3 is 2. The molecule has 1 heterocycles. The zero-order valence-electron chi connectivity index (χ0n) is 48.9. The van der Waals surface area contributed by atoms with E-state index in [1.807, 2.05) is 33.8 Å². The summed E-state index contributed by atoms with van der Waals surface area (Å²) in [5.74, 6) is 6.46. The van der Waals surface area contributed by atoms with E-state index in [0.29, 0.717) is 208 Å². The molecule has 0 saturated carbocycles. The molecule has 1 aromatic rings. The number of benzene rings is 1. The molecule has 0 spiro atoms. The first kappa shape index (κ1) is 71.5. The lowest BCUT2D eigenvalue weighted by atomic mass is 9.83. The number of nitrogens with zero attached hydrogens (tertiary/aromatic N) is 1. The van der Waals surface area contributed by atoms with Gasteiger partial charge in [-0.2, -0.15) is 0 Å². The Morgan fingerprint density at radius 3 is 1.05 bits per heavy atom. The molecule has 1 radical (unpaired) electrons. The number of hydrogen-bond donors (Lipinski definition) is 4. The molecule has 0 unspecified atom stereocenters. The number of urea groups is 2. The summed E-state index contributed by atoms with van der Waals surface area (Å²) in [7, 11) is 3.28. The smallest absolute Gasteiger partial charge is 0.319 e. The Morgan fingerprint density at radius 1 is 0.430 bits per heavy atom. The van der Waals surface area contributed by atoms with Crippen molar-refractivity contribution in [2.45, 2.75) is 96.6 Å². The molecule has 455 valence electrons. The fourth-order valence-corrected chi connectivity index (χ4v) is 7.74. The third kappa shape index (κ3) is 41.1. The highest BCUT2D eigenvalue weighted by Gasteiger charge is 2.41. The van der Waals surface area contributed by atoms with Crippen molar-refractivity contribution in [2.24, 2.45) is 0 Å². The molecule has 1 aromatic carbocycles. The van der Waals surface area contributed by atoms with Crippen LogP contribution in [0.3, 0.4) is 0 Å². The maximum atomic E-state index is 13.0. The van der Waals surface area contributed by atoms with E-state index in [1.54, 1.807) is 32.4 Å². The number of hydrogen-bond acceptors (Lipinski definition) is 17. The second kappa shape index (κ2) is 49.1. The van der Waals surface area contributed by atoms with Gasteiger partial charge in [0.15, 0.2) is 0 Å². The van der Waals surface area contributed by atoms with E-state index in [1.165, 1.54) is 0 Å². The number of hydroxylamine groups is 2. The van der Waals surface area contributed by atoms with Crippen molar-refractivity contribution in [3.63, 3.8) is 0 Å². The topological polar surface area (TPSA) is 235 Å². The Hall–Kier alpha value is -3.58. The summed E-state index contributed by atoms with van der Waals surface area (Å²) in [6.07, 6.45) is 9.66. The van der Waals surface area contributed by atoms with E-state index in [-0.39, 0.29) is 12.1 Å². The quantitative estimate of drug-likeness (QED) is 0.0406. The second-order valence-corrected chi connectivity index (χ2v) is 19.6. The highest BCUT2D eigenvalue weighted by molar-refractivity contribution is 5.93. The van der Waals surface area contributed by atoms with Crippen LogP contribution in [-0.2, 0) is 71.5 Å². The van der Waals surface area contributed by atoms with E-state index in [9.17, 15) is 14.8 Å². The number of carbonyl (C=O) groups excluding carboxylic acids is 2. The molecule has 22 heteroatoms. The number of nitrogens with one attached hydrogen (secondary N) is 4. The van der Waals surface area contributed by atoms with Crippen LogP contribution < -0.4 is 21.3 Å². The number of anilines is 2. The van der Waals surface area contributed by atoms with E-state index in [4.69, 9.17) is 66.3 Å². The maximum Gasteiger partial charge on any atom is 0.319 e. The van der Waals surface area contributed by atoms with Crippen molar-refractivity contribution < 1.29 is 81.1 Å². The Bertz CT molecular complexity index is 1660. The molecule has 79 heavy (non-hydrogen) atoms. The van der Waals surface area contributed by atoms with Crippen LogP contribution in [0.15, 0.2) is 29.8 Å². The molecule has 4 N–H and O–H groups in total. The molecule has 22 nitrogen and oxygen atoms in total. The molecule has 0 fully saturated rings. The molecule has 0 saturated heterocycles. The fourth-order valence-electron chi connectivity index (χ4n) is 7.74. The van der Waals surface area contributed by atoms with Gasteiger partial charge in [0.05, 0.1) is 164 Å². The molecule has 1 aliphatic rings. The van der Waals surface area contributed by atoms with Crippen molar-refractivity contribution >= 4 is 23.4 Å². The predicted octanol–water partition coefficient (Wildman–Crippen LogP) is 6.43. The van der Waals surface area contributed by atoms with Crippen molar-refractivity contribution in [3.8, 4) is 11.8 Å². The average Bonchev–Trinajstić information content (AvgIpc) is 3.55. The van der Waals surface area contributed by atoms with Crippen LogP contribution in [0.1, 0.15) is 91.0 Å². The van der Waals surface area contributed by atoms with E-state index >= 15 is 0 Å². The normalized spacial score (nSPS) is 13.9. The number of unbranched alkanes of at least 4 members (excludes halogenated alkanes) is 6.